The topological polar surface area (TPSA) is 35.2 Å². The van der Waals surface area contributed by atoms with E-state index in [9.17, 15) is 4.39 Å². The molecule has 84 valence electrons. The molecule has 0 amide bonds. The smallest absolute Gasteiger partial charge is 0.148 e. The van der Waals surface area contributed by atoms with Crippen molar-refractivity contribution in [3.63, 3.8) is 0 Å². The van der Waals surface area contributed by atoms with Crippen molar-refractivity contribution in [2.24, 2.45) is 5.73 Å². The number of hydrogen-bond donors (Lipinski definition) is 1. The van der Waals surface area contributed by atoms with Gasteiger partial charge in [0.25, 0.3) is 0 Å². The molecule has 2 nitrogen and oxygen atoms in total. The largest absolute Gasteiger partial charge is 0.496 e. The fraction of sp³-hybridized carbons (Fsp3) is 0.455. The third-order valence-electron chi connectivity index (χ3n) is 2.25. The first kappa shape index (κ1) is 12.3. The quantitative estimate of drug-likeness (QED) is 0.791. The van der Waals surface area contributed by atoms with E-state index in [0.717, 1.165) is 12.8 Å². The summed E-state index contributed by atoms with van der Waals surface area (Å²) < 4.78 is 18.7. The van der Waals surface area contributed by atoms with Gasteiger partial charge in [0.05, 0.1) is 12.1 Å². The zero-order chi connectivity index (χ0) is 11.3. The highest BCUT2D eigenvalue weighted by atomic mass is 35.5. The van der Waals surface area contributed by atoms with E-state index in [4.69, 9.17) is 22.1 Å². The third-order valence-corrected chi connectivity index (χ3v) is 2.55. The molecule has 0 aliphatic carbocycles. The molecule has 0 unspecified atom stereocenters. The maximum Gasteiger partial charge on any atom is 0.148 e. The molecule has 0 aliphatic rings. The maximum atomic E-state index is 13.6. The minimum atomic E-state index is -0.381. The molecule has 1 rings (SSSR count). The molecular formula is C11H15ClFNO. The summed E-state index contributed by atoms with van der Waals surface area (Å²) in [5.74, 6) is 0.168. The van der Waals surface area contributed by atoms with Crippen LogP contribution in [-0.2, 0) is 6.42 Å². The predicted molar refractivity (Wildman–Crippen MR) is 60.0 cm³/mol. The van der Waals surface area contributed by atoms with Crippen LogP contribution < -0.4 is 10.5 Å². The van der Waals surface area contributed by atoms with Crippen molar-refractivity contribution in [1.29, 1.82) is 0 Å². The van der Waals surface area contributed by atoms with E-state index in [1.54, 1.807) is 6.07 Å². The van der Waals surface area contributed by atoms with Crippen molar-refractivity contribution in [2.45, 2.75) is 19.3 Å². The van der Waals surface area contributed by atoms with Crippen molar-refractivity contribution in [1.82, 2.24) is 0 Å². The highest BCUT2D eigenvalue weighted by Gasteiger charge is 2.12. The first-order valence-corrected chi connectivity index (χ1v) is 5.29. The predicted octanol–water partition coefficient (Wildman–Crippen LogP) is 2.77. The number of hydrogen-bond acceptors (Lipinski definition) is 2. The second-order valence-corrected chi connectivity index (χ2v) is 3.70. The van der Waals surface area contributed by atoms with Gasteiger partial charge >= 0.3 is 0 Å². The average molecular weight is 232 g/mol. The molecule has 0 fully saturated rings. The van der Waals surface area contributed by atoms with Crippen LogP contribution in [0, 0.1) is 5.82 Å². The molecule has 0 bridgehead atoms. The number of ether oxygens (including phenoxy) is 1. The van der Waals surface area contributed by atoms with Crippen LogP contribution >= 0.6 is 11.6 Å². The number of nitrogens with two attached hydrogens (primary N) is 1. The SMILES string of the molecule is COc1ccc(Cl)c(F)c1CCCCN. The van der Waals surface area contributed by atoms with Crippen molar-refractivity contribution in [2.75, 3.05) is 13.7 Å². The normalized spacial score (nSPS) is 10.4. The average Bonchev–Trinajstić information content (AvgIpc) is 2.25. The van der Waals surface area contributed by atoms with Gasteiger partial charge in [0.2, 0.25) is 0 Å². The second-order valence-electron chi connectivity index (χ2n) is 3.29. The monoisotopic (exact) mass is 231 g/mol. The van der Waals surface area contributed by atoms with Gasteiger partial charge in [-0.05, 0) is 37.9 Å². The minimum Gasteiger partial charge on any atom is -0.496 e. The van der Waals surface area contributed by atoms with Crippen LogP contribution in [0.2, 0.25) is 5.02 Å². The van der Waals surface area contributed by atoms with Gasteiger partial charge in [-0.2, -0.15) is 0 Å². The van der Waals surface area contributed by atoms with Crippen LogP contribution in [0.1, 0.15) is 18.4 Å². The first-order chi connectivity index (χ1) is 7.20. The summed E-state index contributed by atoms with van der Waals surface area (Å²) in [6.45, 7) is 0.616. The minimum absolute atomic E-state index is 0.138. The lowest BCUT2D eigenvalue weighted by Crippen LogP contribution is -2.01. The standard InChI is InChI=1S/C11H15ClFNO/c1-15-10-6-5-9(12)11(13)8(10)4-2-3-7-14/h5-6H,2-4,7,14H2,1H3. The molecule has 0 heterocycles. The van der Waals surface area contributed by atoms with E-state index in [1.807, 2.05) is 0 Å². The Morgan fingerprint density at radius 3 is 2.73 bits per heavy atom. The lowest BCUT2D eigenvalue weighted by Gasteiger charge is -2.10. The Morgan fingerprint density at radius 1 is 1.40 bits per heavy atom. The van der Waals surface area contributed by atoms with Crippen LogP contribution in [0.5, 0.6) is 5.75 Å². The van der Waals surface area contributed by atoms with Crippen LogP contribution in [0.15, 0.2) is 12.1 Å². The molecule has 0 saturated carbocycles. The van der Waals surface area contributed by atoms with Gasteiger partial charge in [0.1, 0.15) is 11.6 Å². The maximum absolute atomic E-state index is 13.6. The Labute approximate surface area is 94.2 Å². The molecular weight excluding hydrogens is 217 g/mol. The van der Waals surface area contributed by atoms with E-state index in [2.05, 4.69) is 0 Å². The molecule has 2 N–H and O–H groups in total. The number of methoxy groups -OCH3 is 1. The van der Waals surface area contributed by atoms with Crippen molar-refractivity contribution in [3.8, 4) is 5.75 Å². The van der Waals surface area contributed by atoms with Crippen molar-refractivity contribution < 1.29 is 9.13 Å². The van der Waals surface area contributed by atoms with E-state index in [0.29, 0.717) is 24.3 Å². The van der Waals surface area contributed by atoms with Gasteiger partial charge in [-0.1, -0.05) is 11.6 Å². The van der Waals surface area contributed by atoms with Gasteiger partial charge in [0, 0.05) is 5.56 Å². The van der Waals surface area contributed by atoms with E-state index >= 15 is 0 Å². The van der Waals surface area contributed by atoms with Gasteiger partial charge < -0.3 is 10.5 Å². The zero-order valence-electron chi connectivity index (χ0n) is 8.72. The number of unbranched alkanes of at least 4 members (excludes halogenated alkanes) is 1. The number of halogens is 2. The Kier molecular flexibility index (Phi) is 4.85. The zero-order valence-corrected chi connectivity index (χ0v) is 9.48. The van der Waals surface area contributed by atoms with Crippen LogP contribution in [0.4, 0.5) is 4.39 Å². The highest BCUT2D eigenvalue weighted by molar-refractivity contribution is 6.30. The van der Waals surface area contributed by atoms with Gasteiger partial charge in [-0.3, -0.25) is 0 Å². The van der Waals surface area contributed by atoms with E-state index in [-0.39, 0.29) is 10.8 Å². The van der Waals surface area contributed by atoms with Crippen molar-refractivity contribution >= 4 is 11.6 Å². The molecule has 0 saturated heterocycles. The van der Waals surface area contributed by atoms with Crippen LogP contribution in [0.3, 0.4) is 0 Å². The summed E-state index contributed by atoms with van der Waals surface area (Å²) in [4.78, 5) is 0. The Hall–Kier alpha value is -0.800. The summed E-state index contributed by atoms with van der Waals surface area (Å²) in [5, 5.41) is 0.138. The molecule has 0 atom stereocenters. The van der Waals surface area contributed by atoms with Gasteiger partial charge in [-0.15, -0.1) is 0 Å². The molecule has 1 aromatic rings. The summed E-state index contributed by atoms with van der Waals surface area (Å²) in [6, 6.07) is 3.19. The number of benzene rings is 1. The van der Waals surface area contributed by atoms with Gasteiger partial charge in [-0.25, -0.2) is 4.39 Å². The Morgan fingerprint density at radius 2 is 2.13 bits per heavy atom. The van der Waals surface area contributed by atoms with Crippen LogP contribution in [-0.4, -0.2) is 13.7 Å². The lowest BCUT2D eigenvalue weighted by molar-refractivity contribution is 0.403. The Bertz CT molecular complexity index is 331. The van der Waals surface area contributed by atoms with Gasteiger partial charge in [0.15, 0.2) is 0 Å². The van der Waals surface area contributed by atoms with E-state index < -0.39 is 0 Å². The summed E-state index contributed by atoms with van der Waals surface area (Å²) in [7, 11) is 1.52. The van der Waals surface area contributed by atoms with E-state index in [1.165, 1.54) is 13.2 Å². The molecule has 4 heteroatoms. The van der Waals surface area contributed by atoms with Crippen LogP contribution in [0.25, 0.3) is 0 Å². The Balaban J connectivity index is 2.86. The molecule has 0 spiro atoms. The fourth-order valence-corrected chi connectivity index (χ4v) is 1.62. The molecule has 0 aromatic heterocycles. The molecule has 0 radical (unpaired) electrons. The molecule has 1 aromatic carbocycles. The third kappa shape index (κ3) is 3.08. The number of rotatable bonds is 5. The second kappa shape index (κ2) is 5.93. The summed E-state index contributed by atoms with van der Waals surface area (Å²) >= 11 is 5.70. The molecule has 15 heavy (non-hydrogen) atoms. The highest BCUT2D eigenvalue weighted by Crippen LogP contribution is 2.28. The van der Waals surface area contributed by atoms with Crippen molar-refractivity contribution in [3.05, 3.63) is 28.5 Å². The molecule has 0 aliphatic heterocycles. The lowest BCUT2D eigenvalue weighted by atomic mass is 10.1. The summed E-state index contributed by atoms with van der Waals surface area (Å²) in [6.07, 6.45) is 2.31. The summed E-state index contributed by atoms with van der Waals surface area (Å²) in [5.41, 5.74) is 5.92. The fourth-order valence-electron chi connectivity index (χ4n) is 1.45. The first-order valence-electron chi connectivity index (χ1n) is 4.91.